The summed E-state index contributed by atoms with van der Waals surface area (Å²) >= 11 is 0. The normalized spacial score (nSPS) is 16.2. The van der Waals surface area contributed by atoms with Crippen LogP contribution in [0.3, 0.4) is 0 Å². The van der Waals surface area contributed by atoms with Crippen LogP contribution in [0.25, 0.3) is 0 Å². The summed E-state index contributed by atoms with van der Waals surface area (Å²) in [7, 11) is -2.49. The zero-order valence-electron chi connectivity index (χ0n) is 18.0. The Labute approximate surface area is 189 Å². The summed E-state index contributed by atoms with van der Waals surface area (Å²) < 4.78 is 75.9. The molecule has 1 amide bonds. The number of ether oxygens (including phenoxy) is 2. The molecule has 1 atom stereocenters. The van der Waals surface area contributed by atoms with Crippen LogP contribution >= 0.6 is 0 Å². The van der Waals surface area contributed by atoms with Crippen molar-refractivity contribution in [3.63, 3.8) is 0 Å². The second kappa shape index (κ2) is 9.98. The van der Waals surface area contributed by atoms with Gasteiger partial charge in [-0.2, -0.15) is 17.5 Å². The zero-order chi connectivity index (χ0) is 24.2. The van der Waals surface area contributed by atoms with Gasteiger partial charge in [0.25, 0.3) is 0 Å². The van der Waals surface area contributed by atoms with Crippen LogP contribution in [0.2, 0.25) is 0 Å². The van der Waals surface area contributed by atoms with Crippen LogP contribution in [0.1, 0.15) is 12.5 Å². The Morgan fingerprint density at radius 1 is 1.09 bits per heavy atom. The van der Waals surface area contributed by atoms with Gasteiger partial charge in [-0.15, -0.1) is 0 Å². The summed E-state index contributed by atoms with van der Waals surface area (Å²) in [6.45, 7) is 2.56. The average Bonchev–Trinajstić information content (AvgIpc) is 2.79. The van der Waals surface area contributed by atoms with E-state index in [1.54, 1.807) is 13.0 Å². The van der Waals surface area contributed by atoms with Crippen LogP contribution in [0.4, 0.5) is 24.5 Å². The summed E-state index contributed by atoms with van der Waals surface area (Å²) in [5.41, 5.74) is -0.261. The SMILES string of the molecule is COc1ccc(N[C@@H](C)C(=O)Nc2ccc(C(F)(F)F)cc2)cc1S(=O)(=O)N1CCOCC1. The summed E-state index contributed by atoms with van der Waals surface area (Å²) in [5.74, 6) is -0.350. The molecule has 0 aliphatic carbocycles. The molecule has 2 N–H and O–H groups in total. The fourth-order valence-electron chi connectivity index (χ4n) is 3.20. The molecule has 1 aliphatic rings. The van der Waals surface area contributed by atoms with Gasteiger partial charge in [-0.1, -0.05) is 0 Å². The highest BCUT2D eigenvalue weighted by Gasteiger charge is 2.31. The number of amides is 1. The van der Waals surface area contributed by atoms with Crippen LogP contribution < -0.4 is 15.4 Å². The lowest BCUT2D eigenvalue weighted by atomic mass is 10.2. The van der Waals surface area contributed by atoms with Gasteiger partial charge in [0.1, 0.15) is 16.7 Å². The Balaban J connectivity index is 1.73. The quantitative estimate of drug-likeness (QED) is 0.623. The molecule has 1 fully saturated rings. The Kier molecular flexibility index (Phi) is 7.50. The summed E-state index contributed by atoms with van der Waals surface area (Å²) in [5, 5.41) is 5.43. The van der Waals surface area contributed by atoms with Gasteiger partial charge in [-0.3, -0.25) is 4.79 Å². The maximum Gasteiger partial charge on any atom is 0.416 e. The number of methoxy groups -OCH3 is 1. The van der Waals surface area contributed by atoms with Gasteiger partial charge >= 0.3 is 6.18 Å². The molecular formula is C21H24F3N3O5S. The first kappa shape index (κ1) is 24.8. The molecule has 0 aromatic heterocycles. The third-order valence-electron chi connectivity index (χ3n) is 5.01. The lowest BCUT2D eigenvalue weighted by Gasteiger charge is -2.27. The summed E-state index contributed by atoms with van der Waals surface area (Å²) in [6.07, 6.45) is -4.47. The van der Waals surface area contributed by atoms with Crippen molar-refractivity contribution in [3.8, 4) is 5.75 Å². The molecule has 1 heterocycles. The number of benzene rings is 2. The molecule has 0 spiro atoms. The van der Waals surface area contributed by atoms with E-state index in [1.807, 2.05) is 0 Å². The molecule has 33 heavy (non-hydrogen) atoms. The fourth-order valence-corrected chi connectivity index (χ4v) is 4.79. The van der Waals surface area contributed by atoms with E-state index in [4.69, 9.17) is 9.47 Å². The van der Waals surface area contributed by atoms with Crippen molar-refractivity contribution in [1.29, 1.82) is 0 Å². The Hall–Kier alpha value is -2.83. The molecule has 2 aromatic carbocycles. The largest absolute Gasteiger partial charge is 0.495 e. The maximum absolute atomic E-state index is 13.1. The van der Waals surface area contributed by atoms with Gasteiger partial charge in [0.15, 0.2) is 0 Å². The first-order valence-electron chi connectivity index (χ1n) is 10.0. The fraction of sp³-hybridized carbons (Fsp3) is 0.381. The van der Waals surface area contributed by atoms with Crippen molar-refractivity contribution in [2.45, 2.75) is 24.0 Å². The van der Waals surface area contributed by atoms with Crippen LogP contribution in [0, 0.1) is 0 Å². The highest BCUT2D eigenvalue weighted by molar-refractivity contribution is 7.89. The van der Waals surface area contributed by atoms with Gasteiger partial charge < -0.3 is 20.1 Å². The monoisotopic (exact) mass is 487 g/mol. The minimum atomic E-state index is -4.47. The summed E-state index contributed by atoms with van der Waals surface area (Å²) in [4.78, 5) is 12.4. The van der Waals surface area contributed by atoms with E-state index in [2.05, 4.69) is 10.6 Å². The number of halogens is 3. The second-order valence-electron chi connectivity index (χ2n) is 7.31. The van der Waals surface area contributed by atoms with Gasteiger partial charge in [0.2, 0.25) is 15.9 Å². The number of sulfonamides is 1. The number of hydrogen-bond acceptors (Lipinski definition) is 6. The molecule has 2 aromatic rings. The van der Waals surface area contributed by atoms with Crippen LogP contribution in [0.5, 0.6) is 5.75 Å². The number of anilines is 2. The Morgan fingerprint density at radius 3 is 2.27 bits per heavy atom. The third-order valence-corrected chi connectivity index (χ3v) is 6.93. The lowest BCUT2D eigenvalue weighted by Crippen LogP contribution is -2.40. The standard InChI is InChI=1S/C21H24F3N3O5S/c1-14(20(28)26-16-5-3-15(4-6-16)21(22,23)24)25-17-7-8-18(31-2)19(13-17)33(29,30)27-9-11-32-12-10-27/h3-8,13-14,25H,9-12H2,1-2H3,(H,26,28)/t14-/m0/s1. The van der Waals surface area contributed by atoms with E-state index < -0.39 is 33.7 Å². The second-order valence-corrected chi connectivity index (χ2v) is 9.22. The molecule has 1 saturated heterocycles. The molecule has 8 nitrogen and oxygen atoms in total. The highest BCUT2D eigenvalue weighted by atomic mass is 32.2. The maximum atomic E-state index is 13.1. The molecule has 0 bridgehead atoms. The average molecular weight is 488 g/mol. The van der Waals surface area contributed by atoms with Crippen molar-refractivity contribution >= 4 is 27.3 Å². The van der Waals surface area contributed by atoms with E-state index in [9.17, 15) is 26.4 Å². The Morgan fingerprint density at radius 2 is 1.70 bits per heavy atom. The van der Waals surface area contributed by atoms with Gasteiger partial charge in [0, 0.05) is 24.5 Å². The van der Waals surface area contributed by atoms with Crippen molar-refractivity contribution in [3.05, 3.63) is 48.0 Å². The smallest absolute Gasteiger partial charge is 0.416 e. The lowest BCUT2D eigenvalue weighted by molar-refractivity contribution is -0.137. The number of rotatable bonds is 7. The van der Waals surface area contributed by atoms with Crippen molar-refractivity contribution in [1.82, 2.24) is 4.31 Å². The molecule has 0 saturated carbocycles. The van der Waals surface area contributed by atoms with Crippen molar-refractivity contribution in [2.24, 2.45) is 0 Å². The number of carbonyl (C=O) groups excluding carboxylic acids is 1. The number of hydrogen-bond donors (Lipinski definition) is 2. The van der Waals surface area contributed by atoms with Crippen LogP contribution in [-0.2, 0) is 25.7 Å². The van der Waals surface area contributed by atoms with E-state index in [0.29, 0.717) is 18.9 Å². The van der Waals surface area contributed by atoms with Gasteiger partial charge in [-0.25, -0.2) is 8.42 Å². The van der Waals surface area contributed by atoms with Crippen LogP contribution in [0.15, 0.2) is 47.4 Å². The molecule has 0 radical (unpaired) electrons. The number of nitrogens with one attached hydrogen (secondary N) is 2. The number of alkyl halides is 3. The first-order chi connectivity index (χ1) is 15.5. The van der Waals surface area contributed by atoms with Crippen LogP contribution in [-0.4, -0.2) is 58.1 Å². The minimum Gasteiger partial charge on any atom is -0.495 e. The first-order valence-corrected chi connectivity index (χ1v) is 11.5. The molecular weight excluding hydrogens is 463 g/mol. The van der Waals surface area contributed by atoms with Crippen molar-refractivity contribution < 1.29 is 35.9 Å². The minimum absolute atomic E-state index is 0.0488. The van der Waals surface area contributed by atoms with Gasteiger partial charge in [-0.05, 0) is 49.4 Å². The molecule has 180 valence electrons. The van der Waals surface area contributed by atoms with Crippen molar-refractivity contribution in [2.75, 3.05) is 44.0 Å². The Bertz CT molecular complexity index is 1090. The topological polar surface area (TPSA) is 97.0 Å². The third kappa shape index (κ3) is 5.95. The van der Waals surface area contributed by atoms with E-state index >= 15 is 0 Å². The number of carbonyl (C=O) groups is 1. The molecule has 12 heteroatoms. The van der Waals surface area contributed by atoms with E-state index in [-0.39, 0.29) is 29.4 Å². The number of morpholine rings is 1. The van der Waals surface area contributed by atoms with E-state index in [1.165, 1.54) is 23.5 Å². The molecule has 1 aliphatic heterocycles. The van der Waals surface area contributed by atoms with E-state index in [0.717, 1.165) is 24.3 Å². The predicted molar refractivity (Wildman–Crippen MR) is 116 cm³/mol. The van der Waals surface area contributed by atoms with Gasteiger partial charge in [0.05, 0.1) is 25.9 Å². The predicted octanol–water partition coefficient (Wildman–Crippen LogP) is 3.17. The zero-order valence-corrected chi connectivity index (χ0v) is 18.8. The highest BCUT2D eigenvalue weighted by Crippen LogP contribution is 2.31. The summed E-state index contributed by atoms with van der Waals surface area (Å²) in [6, 6.07) is 7.68. The molecule has 3 rings (SSSR count). The number of nitrogens with zero attached hydrogens (tertiary/aromatic N) is 1. The molecule has 0 unspecified atom stereocenters.